The van der Waals surface area contributed by atoms with Crippen LogP contribution in [-0.4, -0.2) is 17.3 Å². The fourth-order valence-corrected chi connectivity index (χ4v) is 1.55. The fraction of sp³-hybridized carbons (Fsp3) is 0.100. The molecule has 0 aromatic heterocycles. The Balaban J connectivity index is 2.93. The van der Waals surface area contributed by atoms with Gasteiger partial charge in [0.05, 0.1) is 0 Å². The number of rotatable bonds is 3. The molecule has 0 saturated heterocycles. The van der Waals surface area contributed by atoms with Crippen molar-refractivity contribution in [3.8, 4) is 0 Å². The molecule has 1 rings (SSSR count). The minimum Gasteiger partial charge on any atom is -0.478 e. The van der Waals surface area contributed by atoms with Crippen LogP contribution in [0.3, 0.4) is 0 Å². The van der Waals surface area contributed by atoms with Crippen molar-refractivity contribution in [2.75, 3.05) is 6.26 Å². The average Bonchev–Trinajstić information content (AvgIpc) is 2.15. The maximum absolute atomic E-state index is 10.3. The summed E-state index contributed by atoms with van der Waals surface area (Å²) in [5.41, 5.74) is 0.942. The minimum atomic E-state index is -0.920. The summed E-state index contributed by atoms with van der Waals surface area (Å²) in [5.74, 6) is -0.920. The molecule has 0 spiro atoms. The third-order valence-electron chi connectivity index (χ3n) is 1.54. The first-order valence-corrected chi connectivity index (χ1v) is 5.00. The van der Waals surface area contributed by atoms with Gasteiger partial charge >= 0.3 is 5.97 Å². The fourth-order valence-electron chi connectivity index (χ4n) is 0.965. The lowest BCUT2D eigenvalue weighted by molar-refractivity contribution is -0.131. The van der Waals surface area contributed by atoms with Gasteiger partial charge in [-0.05, 0) is 24.0 Å². The van der Waals surface area contributed by atoms with Crippen molar-refractivity contribution >= 4 is 23.8 Å². The Bertz CT molecular complexity index is 331. The molecule has 0 aliphatic heterocycles. The maximum Gasteiger partial charge on any atom is 0.328 e. The highest BCUT2D eigenvalue weighted by molar-refractivity contribution is 7.98. The Hall–Kier alpha value is -1.22. The molecule has 68 valence electrons. The van der Waals surface area contributed by atoms with Crippen molar-refractivity contribution in [3.05, 3.63) is 35.9 Å². The highest BCUT2D eigenvalue weighted by atomic mass is 32.2. The van der Waals surface area contributed by atoms with Crippen LogP contribution in [0.15, 0.2) is 35.2 Å². The summed E-state index contributed by atoms with van der Waals surface area (Å²) in [5, 5.41) is 8.44. The molecule has 0 unspecified atom stereocenters. The lowest BCUT2D eigenvalue weighted by Gasteiger charge is -2.00. The van der Waals surface area contributed by atoms with E-state index in [0.717, 1.165) is 16.5 Å². The summed E-state index contributed by atoms with van der Waals surface area (Å²) >= 11 is 1.60. The third-order valence-corrected chi connectivity index (χ3v) is 2.36. The van der Waals surface area contributed by atoms with Crippen LogP contribution in [0.25, 0.3) is 6.08 Å². The van der Waals surface area contributed by atoms with Gasteiger partial charge in [0.1, 0.15) is 0 Å². The normalized spacial score (nSPS) is 10.5. The van der Waals surface area contributed by atoms with E-state index in [2.05, 4.69) is 0 Å². The van der Waals surface area contributed by atoms with E-state index in [1.807, 2.05) is 30.5 Å². The minimum absolute atomic E-state index is 0.920. The second-order valence-electron chi connectivity index (χ2n) is 2.41. The van der Waals surface area contributed by atoms with Crippen LogP contribution in [0, 0.1) is 0 Å². The van der Waals surface area contributed by atoms with E-state index >= 15 is 0 Å². The molecule has 0 saturated carbocycles. The number of carbonyl (C=O) groups is 1. The molecule has 0 heterocycles. The molecule has 13 heavy (non-hydrogen) atoms. The second kappa shape index (κ2) is 4.72. The first kappa shape index (κ1) is 9.86. The zero-order valence-electron chi connectivity index (χ0n) is 7.23. The number of carboxylic acid groups (broad SMARTS) is 1. The lowest BCUT2D eigenvalue weighted by Crippen LogP contribution is -1.86. The topological polar surface area (TPSA) is 37.3 Å². The van der Waals surface area contributed by atoms with Gasteiger partial charge in [0.15, 0.2) is 0 Å². The largest absolute Gasteiger partial charge is 0.478 e. The van der Waals surface area contributed by atoms with Crippen LogP contribution in [0.1, 0.15) is 5.56 Å². The zero-order valence-corrected chi connectivity index (χ0v) is 8.04. The first-order valence-electron chi connectivity index (χ1n) is 3.78. The molecule has 1 aromatic carbocycles. The Morgan fingerprint density at radius 2 is 2.15 bits per heavy atom. The van der Waals surface area contributed by atoms with E-state index in [1.165, 1.54) is 0 Å². The molecule has 0 aliphatic carbocycles. The predicted molar refractivity (Wildman–Crippen MR) is 54.9 cm³/mol. The number of hydrogen-bond donors (Lipinski definition) is 1. The molecule has 1 aromatic rings. The molecule has 0 fully saturated rings. The maximum atomic E-state index is 10.3. The SMILES string of the molecule is CSc1ccccc1C=CC(=O)O. The van der Waals surface area contributed by atoms with Gasteiger partial charge in [-0.2, -0.15) is 0 Å². The van der Waals surface area contributed by atoms with E-state index in [9.17, 15) is 4.79 Å². The summed E-state index contributed by atoms with van der Waals surface area (Å²) in [6.45, 7) is 0. The van der Waals surface area contributed by atoms with E-state index in [1.54, 1.807) is 17.8 Å². The highest BCUT2D eigenvalue weighted by Crippen LogP contribution is 2.20. The monoisotopic (exact) mass is 194 g/mol. The number of aliphatic carboxylic acids is 1. The summed E-state index contributed by atoms with van der Waals surface area (Å²) < 4.78 is 0. The van der Waals surface area contributed by atoms with Gasteiger partial charge < -0.3 is 5.11 Å². The van der Waals surface area contributed by atoms with Gasteiger partial charge in [0.25, 0.3) is 0 Å². The van der Waals surface area contributed by atoms with E-state index in [4.69, 9.17) is 5.11 Å². The summed E-state index contributed by atoms with van der Waals surface area (Å²) in [4.78, 5) is 11.4. The van der Waals surface area contributed by atoms with Crippen LogP contribution in [0.5, 0.6) is 0 Å². The Morgan fingerprint density at radius 1 is 1.46 bits per heavy atom. The number of carboxylic acids is 1. The van der Waals surface area contributed by atoms with Crippen LogP contribution >= 0.6 is 11.8 Å². The molecule has 3 heteroatoms. The molecule has 2 nitrogen and oxygen atoms in total. The Morgan fingerprint density at radius 3 is 2.77 bits per heavy atom. The van der Waals surface area contributed by atoms with Crippen molar-refractivity contribution < 1.29 is 9.90 Å². The zero-order chi connectivity index (χ0) is 9.68. The van der Waals surface area contributed by atoms with Gasteiger partial charge in [0, 0.05) is 11.0 Å². The standard InChI is InChI=1S/C10H10O2S/c1-13-9-5-3-2-4-8(9)6-7-10(11)12/h2-7H,1H3,(H,11,12). The quantitative estimate of drug-likeness (QED) is 0.593. The molecule has 0 bridgehead atoms. The molecule has 0 amide bonds. The van der Waals surface area contributed by atoms with E-state index in [0.29, 0.717) is 0 Å². The van der Waals surface area contributed by atoms with Gasteiger partial charge in [-0.1, -0.05) is 18.2 Å². The van der Waals surface area contributed by atoms with E-state index in [-0.39, 0.29) is 0 Å². The van der Waals surface area contributed by atoms with Crippen LogP contribution < -0.4 is 0 Å². The number of benzene rings is 1. The average molecular weight is 194 g/mol. The summed E-state index contributed by atoms with van der Waals surface area (Å²) in [7, 11) is 0. The van der Waals surface area contributed by atoms with Crippen molar-refractivity contribution in [2.24, 2.45) is 0 Å². The van der Waals surface area contributed by atoms with Crippen LogP contribution in [0.4, 0.5) is 0 Å². The van der Waals surface area contributed by atoms with Crippen molar-refractivity contribution in [3.63, 3.8) is 0 Å². The number of hydrogen-bond acceptors (Lipinski definition) is 2. The molecule has 0 radical (unpaired) electrons. The molecule has 0 aliphatic rings. The van der Waals surface area contributed by atoms with E-state index < -0.39 is 5.97 Å². The third kappa shape index (κ3) is 2.95. The van der Waals surface area contributed by atoms with Crippen molar-refractivity contribution in [2.45, 2.75) is 4.90 Å². The van der Waals surface area contributed by atoms with Crippen LogP contribution in [-0.2, 0) is 4.79 Å². The smallest absolute Gasteiger partial charge is 0.328 e. The Labute approximate surface area is 81.3 Å². The second-order valence-corrected chi connectivity index (χ2v) is 3.26. The van der Waals surface area contributed by atoms with Gasteiger partial charge in [-0.3, -0.25) is 0 Å². The van der Waals surface area contributed by atoms with Crippen LogP contribution in [0.2, 0.25) is 0 Å². The first-order chi connectivity index (χ1) is 6.24. The van der Waals surface area contributed by atoms with Gasteiger partial charge in [0.2, 0.25) is 0 Å². The van der Waals surface area contributed by atoms with Crippen molar-refractivity contribution in [1.82, 2.24) is 0 Å². The molecule has 1 N–H and O–H groups in total. The molecule has 0 atom stereocenters. The predicted octanol–water partition coefficient (Wildman–Crippen LogP) is 2.51. The van der Waals surface area contributed by atoms with Gasteiger partial charge in [-0.15, -0.1) is 11.8 Å². The lowest BCUT2D eigenvalue weighted by atomic mass is 10.2. The summed E-state index contributed by atoms with van der Waals surface area (Å²) in [6.07, 6.45) is 4.72. The van der Waals surface area contributed by atoms with Gasteiger partial charge in [-0.25, -0.2) is 4.79 Å². The molecular formula is C10H10O2S. The van der Waals surface area contributed by atoms with Crippen molar-refractivity contribution in [1.29, 1.82) is 0 Å². The number of thioether (sulfide) groups is 1. The molecular weight excluding hydrogens is 184 g/mol. The highest BCUT2D eigenvalue weighted by Gasteiger charge is 1.96. The Kier molecular flexibility index (Phi) is 3.58. The summed E-state index contributed by atoms with van der Waals surface area (Å²) in [6, 6.07) is 7.68.